The van der Waals surface area contributed by atoms with E-state index in [1.165, 1.54) is 13.2 Å². The Hall–Kier alpha value is -1.52. The van der Waals surface area contributed by atoms with Gasteiger partial charge in [-0.3, -0.25) is 4.79 Å². The summed E-state index contributed by atoms with van der Waals surface area (Å²) < 4.78 is 29.6. The smallest absolute Gasteiger partial charge is 0.281 e. The molecule has 0 saturated carbocycles. The molecule has 0 aromatic carbocycles. The molecule has 0 bridgehead atoms. The van der Waals surface area contributed by atoms with Gasteiger partial charge in [-0.15, -0.1) is 0 Å². The fourth-order valence-electron chi connectivity index (χ4n) is 1.10. The number of aromatic nitrogens is 1. The van der Waals surface area contributed by atoms with Crippen molar-refractivity contribution in [3.8, 4) is 5.75 Å². The van der Waals surface area contributed by atoms with Gasteiger partial charge in [0.05, 0.1) is 12.8 Å². The summed E-state index contributed by atoms with van der Waals surface area (Å²) in [5, 5.41) is 0. The predicted molar refractivity (Wildman–Crippen MR) is 45.9 cm³/mol. The quantitative estimate of drug-likeness (QED) is 0.703. The maximum absolute atomic E-state index is 12.4. The van der Waals surface area contributed by atoms with E-state index in [2.05, 4.69) is 4.98 Å². The van der Waals surface area contributed by atoms with Gasteiger partial charge in [-0.2, -0.15) is 0 Å². The molecule has 0 aliphatic carbocycles. The van der Waals surface area contributed by atoms with Crippen molar-refractivity contribution >= 4 is 6.29 Å². The first kappa shape index (κ1) is 10.6. The van der Waals surface area contributed by atoms with Crippen molar-refractivity contribution in [1.29, 1.82) is 0 Å². The molecule has 0 aliphatic rings. The second-order valence-electron chi connectivity index (χ2n) is 2.67. The molecular weight excluding hydrogens is 192 g/mol. The summed E-state index contributed by atoms with van der Waals surface area (Å²) in [6.07, 6.45) is -2.41. The van der Waals surface area contributed by atoms with E-state index in [9.17, 15) is 13.6 Å². The number of halogens is 2. The largest absolute Gasteiger partial charge is 0.495 e. The summed E-state index contributed by atoms with van der Waals surface area (Å²) in [6, 6.07) is 1.26. The monoisotopic (exact) mass is 201 g/mol. The molecule has 0 atom stereocenters. The lowest BCUT2D eigenvalue weighted by atomic mass is 10.2. The number of pyridine rings is 1. The first-order valence-electron chi connectivity index (χ1n) is 3.89. The molecule has 76 valence electrons. The molecule has 3 nitrogen and oxygen atoms in total. The van der Waals surface area contributed by atoms with E-state index in [1.54, 1.807) is 6.92 Å². The van der Waals surface area contributed by atoms with Gasteiger partial charge in [-0.1, -0.05) is 0 Å². The maximum atomic E-state index is 12.4. The van der Waals surface area contributed by atoms with Crippen LogP contribution in [0.1, 0.15) is 28.2 Å². The number of methoxy groups -OCH3 is 1. The van der Waals surface area contributed by atoms with Gasteiger partial charge < -0.3 is 4.74 Å². The number of carbonyl (C=O) groups is 1. The third-order valence-corrected chi connectivity index (χ3v) is 1.78. The van der Waals surface area contributed by atoms with Crippen LogP contribution in [-0.4, -0.2) is 18.4 Å². The normalized spacial score (nSPS) is 10.4. The molecule has 0 amide bonds. The van der Waals surface area contributed by atoms with Crippen molar-refractivity contribution in [2.75, 3.05) is 7.11 Å². The van der Waals surface area contributed by atoms with Gasteiger partial charge in [0.1, 0.15) is 11.4 Å². The molecule has 0 N–H and O–H groups in total. The number of hydrogen-bond acceptors (Lipinski definition) is 3. The van der Waals surface area contributed by atoms with Crippen molar-refractivity contribution < 1.29 is 18.3 Å². The van der Waals surface area contributed by atoms with Crippen LogP contribution in [0.15, 0.2) is 6.07 Å². The number of nitrogens with zero attached hydrogens (tertiary/aromatic N) is 1. The van der Waals surface area contributed by atoms with E-state index in [-0.39, 0.29) is 5.56 Å². The van der Waals surface area contributed by atoms with Crippen LogP contribution in [0.2, 0.25) is 0 Å². The van der Waals surface area contributed by atoms with E-state index >= 15 is 0 Å². The first-order chi connectivity index (χ1) is 6.60. The lowest BCUT2D eigenvalue weighted by Crippen LogP contribution is -2.01. The first-order valence-corrected chi connectivity index (χ1v) is 3.89. The van der Waals surface area contributed by atoms with Gasteiger partial charge >= 0.3 is 0 Å². The summed E-state index contributed by atoms with van der Waals surface area (Å²) in [5.41, 5.74) is -0.297. The molecule has 0 spiro atoms. The number of hydrogen-bond donors (Lipinski definition) is 0. The summed E-state index contributed by atoms with van der Waals surface area (Å²) in [5.74, 6) is 0.330. The van der Waals surface area contributed by atoms with Crippen LogP contribution in [0.25, 0.3) is 0 Å². The molecular formula is C9H9F2NO2. The molecule has 0 aliphatic heterocycles. The molecule has 5 heteroatoms. The molecule has 1 aromatic heterocycles. The number of aryl methyl sites for hydroxylation is 1. The maximum Gasteiger partial charge on any atom is 0.281 e. The van der Waals surface area contributed by atoms with Crippen LogP contribution in [0.4, 0.5) is 8.78 Å². The Morgan fingerprint density at radius 2 is 2.21 bits per heavy atom. The highest BCUT2D eigenvalue weighted by Crippen LogP contribution is 2.25. The zero-order valence-corrected chi connectivity index (χ0v) is 7.75. The Kier molecular flexibility index (Phi) is 3.11. The highest BCUT2D eigenvalue weighted by Gasteiger charge is 2.17. The van der Waals surface area contributed by atoms with Crippen molar-refractivity contribution in [3.63, 3.8) is 0 Å². The third kappa shape index (κ3) is 1.86. The molecule has 1 aromatic rings. The molecule has 0 unspecified atom stereocenters. The van der Waals surface area contributed by atoms with E-state index in [1.807, 2.05) is 0 Å². The molecule has 14 heavy (non-hydrogen) atoms. The summed E-state index contributed by atoms with van der Waals surface area (Å²) >= 11 is 0. The highest BCUT2D eigenvalue weighted by atomic mass is 19.3. The van der Waals surface area contributed by atoms with Crippen LogP contribution in [-0.2, 0) is 0 Å². The highest BCUT2D eigenvalue weighted by molar-refractivity contribution is 5.77. The minimum Gasteiger partial charge on any atom is -0.495 e. The van der Waals surface area contributed by atoms with Crippen LogP contribution < -0.4 is 4.74 Å². The number of carbonyl (C=O) groups excluding carboxylic acids is 1. The van der Waals surface area contributed by atoms with Crippen LogP contribution >= 0.6 is 0 Å². The van der Waals surface area contributed by atoms with Crippen molar-refractivity contribution in [1.82, 2.24) is 4.98 Å². The molecule has 1 heterocycles. The van der Waals surface area contributed by atoms with Crippen LogP contribution in [0.3, 0.4) is 0 Å². The Morgan fingerprint density at radius 3 is 2.64 bits per heavy atom. The number of ether oxygens (including phenoxy) is 1. The van der Waals surface area contributed by atoms with E-state index in [0.29, 0.717) is 17.7 Å². The van der Waals surface area contributed by atoms with Crippen molar-refractivity contribution in [2.45, 2.75) is 13.3 Å². The van der Waals surface area contributed by atoms with Gasteiger partial charge in [-0.25, -0.2) is 13.8 Å². The fourth-order valence-corrected chi connectivity index (χ4v) is 1.10. The van der Waals surface area contributed by atoms with Crippen LogP contribution in [0, 0.1) is 6.92 Å². The van der Waals surface area contributed by atoms with Gasteiger partial charge in [0, 0.05) is 5.56 Å². The standard InChI is InChI=1S/C9H9F2NO2/c1-5-7(14-2)3-6(4-13)8(12-5)9(10)11/h3-4,9H,1-2H3. The van der Waals surface area contributed by atoms with Crippen molar-refractivity contribution in [3.05, 3.63) is 23.0 Å². The Morgan fingerprint density at radius 1 is 1.57 bits per heavy atom. The van der Waals surface area contributed by atoms with Crippen molar-refractivity contribution in [2.24, 2.45) is 0 Å². The van der Waals surface area contributed by atoms with Gasteiger partial charge in [0.25, 0.3) is 6.43 Å². The molecule has 0 fully saturated rings. The lowest BCUT2D eigenvalue weighted by Gasteiger charge is -2.08. The van der Waals surface area contributed by atoms with Crippen LogP contribution in [0.5, 0.6) is 5.75 Å². The number of aldehydes is 1. The summed E-state index contributed by atoms with van der Waals surface area (Å²) in [7, 11) is 1.39. The van der Waals surface area contributed by atoms with E-state index in [0.717, 1.165) is 0 Å². The predicted octanol–water partition coefficient (Wildman–Crippen LogP) is 2.15. The fraction of sp³-hybridized carbons (Fsp3) is 0.333. The summed E-state index contributed by atoms with van der Waals surface area (Å²) in [4.78, 5) is 14.1. The molecule has 0 saturated heterocycles. The minimum absolute atomic E-state index is 0.137. The van der Waals surface area contributed by atoms with E-state index in [4.69, 9.17) is 4.74 Å². The zero-order valence-electron chi connectivity index (χ0n) is 7.75. The second-order valence-corrected chi connectivity index (χ2v) is 2.67. The average molecular weight is 201 g/mol. The second kappa shape index (κ2) is 4.13. The third-order valence-electron chi connectivity index (χ3n) is 1.78. The lowest BCUT2D eigenvalue weighted by molar-refractivity contribution is 0.110. The van der Waals surface area contributed by atoms with Gasteiger partial charge in [-0.05, 0) is 13.0 Å². The number of rotatable bonds is 3. The SMILES string of the molecule is COc1cc(C=O)c(C(F)F)nc1C. The topological polar surface area (TPSA) is 39.2 Å². The molecule has 0 radical (unpaired) electrons. The zero-order chi connectivity index (χ0) is 10.7. The van der Waals surface area contributed by atoms with Gasteiger partial charge in [0.2, 0.25) is 0 Å². The Bertz CT molecular complexity index is 353. The Labute approximate surface area is 79.7 Å². The average Bonchev–Trinajstić information content (AvgIpc) is 2.17. The Balaban J connectivity index is 3.31. The summed E-state index contributed by atoms with van der Waals surface area (Å²) in [6.45, 7) is 1.54. The molecule has 1 rings (SSSR count). The van der Waals surface area contributed by atoms with Gasteiger partial charge in [0.15, 0.2) is 6.29 Å². The minimum atomic E-state index is -2.75. The number of alkyl halides is 2. The van der Waals surface area contributed by atoms with E-state index < -0.39 is 12.1 Å².